The number of benzene rings is 2. The van der Waals surface area contributed by atoms with Crippen LogP contribution in [-0.2, 0) is 6.54 Å². The third kappa shape index (κ3) is 3.30. The van der Waals surface area contributed by atoms with Gasteiger partial charge in [-0.25, -0.2) is 0 Å². The van der Waals surface area contributed by atoms with Crippen molar-refractivity contribution in [2.24, 2.45) is 0 Å². The smallest absolute Gasteiger partial charge is 0.252 e. The second-order valence-corrected chi connectivity index (χ2v) is 6.55. The van der Waals surface area contributed by atoms with E-state index in [2.05, 4.69) is 15.7 Å². The van der Waals surface area contributed by atoms with Crippen LogP contribution in [0.2, 0.25) is 0 Å². The van der Waals surface area contributed by atoms with Gasteiger partial charge in [0.05, 0.1) is 5.69 Å². The summed E-state index contributed by atoms with van der Waals surface area (Å²) in [5.74, 6) is -0.0642. The van der Waals surface area contributed by atoms with Gasteiger partial charge in [0.15, 0.2) is 0 Å². The van der Waals surface area contributed by atoms with E-state index < -0.39 is 0 Å². The molecule has 1 N–H and O–H groups in total. The molecule has 2 aromatic carbocycles. The van der Waals surface area contributed by atoms with E-state index in [1.54, 1.807) is 17.5 Å². The number of hydrogen-bond acceptors (Lipinski definition) is 3. The Hall–Kier alpha value is -2.98. The summed E-state index contributed by atoms with van der Waals surface area (Å²) in [7, 11) is 0. The highest BCUT2D eigenvalue weighted by Crippen LogP contribution is 2.21. The molecule has 0 aliphatic rings. The van der Waals surface area contributed by atoms with Crippen molar-refractivity contribution < 1.29 is 4.79 Å². The summed E-state index contributed by atoms with van der Waals surface area (Å²) in [6.07, 6.45) is 1.78. The molecule has 4 heteroatoms. The van der Waals surface area contributed by atoms with Gasteiger partial charge in [-0.1, -0.05) is 36.4 Å². The van der Waals surface area contributed by atoms with Crippen LogP contribution >= 0.6 is 11.3 Å². The molecule has 0 radical (unpaired) electrons. The summed E-state index contributed by atoms with van der Waals surface area (Å²) >= 11 is 1.65. The first-order chi connectivity index (χ1) is 12.3. The molecule has 25 heavy (non-hydrogen) atoms. The van der Waals surface area contributed by atoms with Crippen molar-refractivity contribution in [2.75, 3.05) is 0 Å². The zero-order valence-electron chi connectivity index (χ0n) is 13.5. The fourth-order valence-corrected chi connectivity index (χ4v) is 3.50. The number of fused-ring (bicyclic) bond motifs is 1. The Morgan fingerprint density at radius 2 is 1.92 bits per heavy atom. The van der Waals surface area contributed by atoms with Crippen LogP contribution in [-0.4, -0.2) is 10.9 Å². The van der Waals surface area contributed by atoms with E-state index in [1.165, 1.54) is 0 Å². The first-order valence-corrected chi connectivity index (χ1v) is 8.99. The number of nitrogens with one attached hydrogen (secondary N) is 1. The van der Waals surface area contributed by atoms with Crippen molar-refractivity contribution >= 4 is 28.0 Å². The van der Waals surface area contributed by atoms with Crippen LogP contribution in [0.5, 0.6) is 0 Å². The number of carbonyl (C=O) groups is 1. The number of carbonyl (C=O) groups excluding carboxylic acids is 1. The molecule has 1 amide bonds. The summed E-state index contributed by atoms with van der Waals surface area (Å²) in [5.41, 5.74) is 3.76. The van der Waals surface area contributed by atoms with Gasteiger partial charge < -0.3 is 5.32 Å². The van der Waals surface area contributed by atoms with Gasteiger partial charge in [-0.15, -0.1) is 0 Å². The van der Waals surface area contributed by atoms with Gasteiger partial charge in [0.1, 0.15) is 0 Å². The van der Waals surface area contributed by atoms with Crippen LogP contribution in [0.3, 0.4) is 0 Å². The van der Waals surface area contributed by atoms with Gasteiger partial charge in [0.2, 0.25) is 0 Å². The highest BCUT2D eigenvalue weighted by Gasteiger charge is 2.09. The predicted molar refractivity (Wildman–Crippen MR) is 103 cm³/mol. The molecule has 0 unspecified atom stereocenters. The molecular weight excluding hydrogens is 328 g/mol. The maximum Gasteiger partial charge on any atom is 0.252 e. The van der Waals surface area contributed by atoms with Crippen molar-refractivity contribution in [3.63, 3.8) is 0 Å². The maximum atomic E-state index is 12.6. The SMILES string of the molecule is O=C(NCc1ccnc(-c2ccsc2)c1)c1cccc2ccccc12. The number of amides is 1. The third-order valence-electron chi connectivity index (χ3n) is 4.13. The Bertz CT molecular complexity index is 1020. The Morgan fingerprint density at radius 1 is 1.04 bits per heavy atom. The summed E-state index contributed by atoms with van der Waals surface area (Å²) in [6, 6.07) is 19.7. The summed E-state index contributed by atoms with van der Waals surface area (Å²) < 4.78 is 0. The van der Waals surface area contributed by atoms with Gasteiger partial charge in [-0.3, -0.25) is 9.78 Å². The highest BCUT2D eigenvalue weighted by atomic mass is 32.1. The van der Waals surface area contributed by atoms with Crippen molar-refractivity contribution in [3.8, 4) is 11.3 Å². The normalized spacial score (nSPS) is 10.7. The second kappa shape index (κ2) is 6.87. The van der Waals surface area contributed by atoms with E-state index in [1.807, 2.05) is 66.0 Å². The number of hydrogen-bond donors (Lipinski definition) is 1. The topological polar surface area (TPSA) is 42.0 Å². The molecule has 0 spiro atoms. The quantitative estimate of drug-likeness (QED) is 0.572. The molecule has 0 fully saturated rings. The number of pyridine rings is 1. The van der Waals surface area contributed by atoms with E-state index in [9.17, 15) is 4.79 Å². The maximum absolute atomic E-state index is 12.6. The standard InChI is InChI=1S/C21H16N2OS/c24-21(19-7-3-5-16-4-1-2-6-18(16)19)23-13-15-8-10-22-20(12-15)17-9-11-25-14-17/h1-12,14H,13H2,(H,23,24). The van der Waals surface area contributed by atoms with E-state index in [-0.39, 0.29) is 5.91 Å². The third-order valence-corrected chi connectivity index (χ3v) is 4.81. The molecule has 0 aliphatic heterocycles. The van der Waals surface area contributed by atoms with Gasteiger partial charge >= 0.3 is 0 Å². The van der Waals surface area contributed by atoms with Crippen LogP contribution < -0.4 is 5.32 Å². The van der Waals surface area contributed by atoms with Crippen LogP contribution in [0, 0.1) is 0 Å². The molecule has 0 saturated heterocycles. The largest absolute Gasteiger partial charge is 0.348 e. The number of nitrogens with zero attached hydrogens (tertiary/aromatic N) is 1. The molecule has 3 nitrogen and oxygen atoms in total. The molecule has 0 bridgehead atoms. The van der Waals surface area contributed by atoms with Crippen LogP contribution in [0.15, 0.2) is 77.6 Å². The van der Waals surface area contributed by atoms with Crippen LogP contribution in [0.1, 0.15) is 15.9 Å². The minimum Gasteiger partial charge on any atom is -0.348 e. The van der Waals surface area contributed by atoms with Gasteiger partial charge in [-0.2, -0.15) is 11.3 Å². The number of rotatable bonds is 4. The van der Waals surface area contributed by atoms with Crippen LogP contribution in [0.4, 0.5) is 0 Å². The molecule has 2 aromatic heterocycles. The average Bonchev–Trinajstić information content (AvgIpc) is 3.21. The molecule has 122 valence electrons. The minimum absolute atomic E-state index is 0.0642. The molecule has 0 aliphatic carbocycles. The van der Waals surface area contributed by atoms with Gasteiger partial charge in [-0.05, 0) is 46.0 Å². The van der Waals surface area contributed by atoms with Crippen molar-refractivity contribution in [1.82, 2.24) is 10.3 Å². The van der Waals surface area contributed by atoms with Crippen molar-refractivity contribution in [3.05, 3.63) is 88.7 Å². The van der Waals surface area contributed by atoms with Gasteiger partial charge in [0.25, 0.3) is 5.91 Å². The number of aromatic nitrogens is 1. The highest BCUT2D eigenvalue weighted by molar-refractivity contribution is 7.08. The van der Waals surface area contributed by atoms with Gasteiger partial charge in [0, 0.05) is 29.2 Å². The second-order valence-electron chi connectivity index (χ2n) is 5.77. The van der Waals surface area contributed by atoms with Crippen molar-refractivity contribution in [1.29, 1.82) is 0 Å². The van der Waals surface area contributed by atoms with E-state index in [0.29, 0.717) is 12.1 Å². The lowest BCUT2D eigenvalue weighted by Crippen LogP contribution is -2.23. The summed E-state index contributed by atoms with van der Waals surface area (Å²) in [6.45, 7) is 0.474. The van der Waals surface area contributed by atoms with E-state index in [4.69, 9.17) is 0 Å². The zero-order valence-corrected chi connectivity index (χ0v) is 14.3. The predicted octanol–water partition coefficient (Wildman–Crippen LogP) is 4.89. The Kier molecular flexibility index (Phi) is 4.27. The van der Waals surface area contributed by atoms with Crippen LogP contribution in [0.25, 0.3) is 22.0 Å². The number of thiophene rings is 1. The van der Waals surface area contributed by atoms with E-state index >= 15 is 0 Å². The Morgan fingerprint density at radius 3 is 2.80 bits per heavy atom. The lowest BCUT2D eigenvalue weighted by Gasteiger charge is -2.09. The molecule has 2 heterocycles. The average molecular weight is 344 g/mol. The lowest BCUT2D eigenvalue weighted by atomic mass is 10.0. The summed E-state index contributed by atoms with van der Waals surface area (Å²) in [4.78, 5) is 17.0. The zero-order chi connectivity index (χ0) is 17.1. The van der Waals surface area contributed by atoms with E-state index in [0.717, 1.165) is 27.6 Å². The fraction of sp³-hybridized carbons (Fsp3) is 0.0476. The minimum atomic E-state index is -0.0642. The molecule has 0 saturated carbocycles. The fourth-order valence-electron chi connectivity index (χ4n) is 2.85. The molecule has 0 atom stereocenters. The summed E-state index contributed by atoms with van der Waals surface area (Å²) in [5, 5.41) is 9.16. The molecule has 4 aromatic rings. The molecular formula is C21H16N2OS. The Balaban J connectivity index is 1.53. The molecule has 4 rings (SSSR count). The first kappa shape index (κ1) is 15.5. The Labute approximate surface area is 150 Å². The first-order valence-electron chi connectivity index (χ1n) is 8.05. The monoisotopic (exact) mass is 344 g/mol. The lowest BCUT2D eigenvalue weighted by molar-refractivity contribution is 0.0952. The van der Waals surface area contributed by atoms with Crippen molar-refractivity contribution in [2.45, 2.75) is 6.54 Å².